The average Bonchev–Trinajstić information content (AvgIpc) is 2.77. The molecule has 2 amide bonds. The highest BCUT2D eigenvalue weighted by atomic mass is 16.2. The molecule has 2 aromatic rings. The molecule has 1 atom stereocenters. The molecule has 0 spiro atoms. The number of nitrogens with one attached hydrogen (secondary N) is 1. The van der Waals surface area contributed by atoms with Crippen LogP contribution in [0.15, 0.2) is 60.7 Å². The number of nitrogens with zero attached hydrogens (tertiary/aromatic N) is 1. The Morgan fingerprint density at radius 1 is 0.929 bits per heavy atom. The highest BCUT2D eigenvalue weighted by Gasteiger charge is 2.35. The molecule has 0 bridgehead atoms. The van der Waals surface area contributed by atoms with E-state index in [9.17, 15) is 14.4 Å². The molecular weight excluding hydrogens is 352 g/mol. The summed E-state index contributed by atoms with van der Waals surface area (Å²) >= 11 is 0. The van der Waals surface area contributed by atoms with Gasteiger partial charge in [0.15, 0.2) is 0 Å². The van der Waals surface area contributed by atoms with Crippen LogP contribution in [-0.4, -0.2) is 41.6 Å². The van der Waals surface area contributed by atoms with Crippen molar-refractivity contribution in [1.82, 2.24) is 10.2 Å². The van der Waals surface area contributed by atoms with Gasteiger partial charge < -0.3 is 10.2 Å². The first kappa shape index (κ1) is 19.8. The van der Waals surface area contributed by atoms with Gasteiger partial charge in [0, 0.05) is 18.7 Å². The second-order valence-electron chi connectivity index (χ2n) is 7.09. The van der Waals surface area contributed by atoms with Gasteiger partial charge in [-0.05, 0) is 37.7 Å². The lowest BCUT2D eigenvalue weighted by atomic mass is 9.99. The molecule has 1 N–H and O–H groups in total. The Balaban J connectivity index is 1.55. The van der Waals surface area contributed by atoms with Crippen molar-refractivity contribution in [1.29, 1.82) is 0 Å². The maximum Gasteiger partial charge on any atom is 0.295 e. The van der Waals surface area contributed by atoms with Crippen molar-refractivity contribution in [3.8, 4) is 0 Å². The van der Waals surface area contributed by atoms with Crippen molar-refractivity contribution in [2.75, 3.05) is 13.1 Å². The van der Waals surface area contributed by atoms with E-state index in [0.717, 1.165) is 25.7 Å². The van der Waals surface area contributed by atoms with Crippen LogP contribution in [0.25, 0.3) is 0 Å². The molecule has 0 saturated carbocycles. The van der Waals surface area contributed by atoms with Gasteiger partial charge in [-0.1, -0.05) is 60.7 Å². The monoisotopic (exact) mass is 378 g/mol. The number of aryl methyl sites for hydroxylation is 1. The maximum absolute atomic E-state index is 12.7. The number of hydrogen-bond acceptors (Lipinski definition) is 3. The van der Waals surface area contributed by atoms with E-state index in [0.29, 0.717) is 25.1 Å². The van der Waals surface area contributed by atoms with Gasteiger partial charge in [-0.3, -0.25) is 14.4 Å². The summed E-state index contributed by atoms with van der Waals surface area (Å²) < 4.78 is 0. The van der Waals surface area contributed by atoms with Gasteiger partial charge in [0.1, 0.15) is 6.04 Å². The Hall–Kier alpha value is -2.95. The van der Waals surface area contributed by atoms with Crippen LogP contribution in [0.1, 0.15) is 41.6 Å². The second-order valence-corrected chi connectivity index (χ2v) is 7.09. The molecule has 1 saturated heterocycles. The third-order valence-corrected chi connectivity index (χ3v) is 5.08. The summed E-state index contributed by atoms with van der Waals surface area (Å²) in [6.07, 6.45) is 4.01. The highest BCUT2D eigenvalue weighted by Crippen LogP contribution is 2.19. The van der Waals surface area contributed by atoms with Crippen LogP contribution in [0.4, 0.5) is 0 Å². The van der Waals surface area contributed by atoms with E-state index in [4.69, 9.17) is 0 Å². The maximum atomic E-state index is 12.7. The lowest BCUT2D eigenvalue weighted by Gasteiger charge is -2.34. The summed E-state index contributed by atoms with van der Waals surface area (Å²) in [7, 11) is 0. The predicted octanol–water partition coefficient (Wildman–Crippen LogP) is 3.00. The molecule has 146 valence electrons. The van der Waals surface area contributed by atoms with Crippen molar-refractivity contribution < 1.29 is 14.4 Å². The fraction of sp³-hybridized carbons (Fsp3) is 0.348. The zero-order valence-corrected chi connectivity index (χ0v) is 16.0. The minimum atomic E-state index is -0.588. The first-order chi connectivity index (χ1) is 13.7. The van der Waals surface area contributed by atoms with E-state index >= 15 is 0 Å². The summed E-state index contributed by atoms with van der Waals surface area (Å²) in [4.78, 5) is 39.3. The van der Waals surface area contributed by atoms with E-state index in [2.05, 4.69) is 17.4 Å². The van der Waals surface area contributed by atoms with E-state index in [-0.39, 0.29) is 5.91 Å². The Labute approximate surface area is 165 Å². The number of carbonyl (C=O) groups excluding carboxylic acids is 3. The van der Waals surface area contributed by atoms with Gasteiger partial charge in [-0.2, -0.15) is 0 Å². The molecule has 0 radical (unpaired) electrons. The zero-order chi connectivity index (χ0) is 19.8. The number of carbonyl (C=O) groups is 3. The van der Waals surface area contributed by atoms with Crippen molar-refractivity contribution in [2.45, 2.75) is 38.1 Å². The molecule has 5 heteroatoms. The quantitative estimate of drug-likeness (QED) is 0.458. The van der Waals surface area contributed by atoms with Gasteiger partial charge in [0.05, 0.1) is 0 Å². The fourth-order valence-corrected chi connectivity index (χ4v) is 3.56. The normalized spacial score (nSPS) is 16.4. The standard InChI is InChI=1S/C23H26N2O3/c26-21(19-13-5-2-6-14-19)23(28)25-17-8-7-15-20(25)22(27)24-16-9-12-18-10-3-1-4-11-18/h1-6,10-11,13-14,20H,7-9,12,15-17H2,(H,24,27)/t20-/m0/s1. The van der Waals surface area contributed by atoms with E-state index in [1.54, 1.807) is 30.3 Å². The predicted molar refractivity (Wildman–Crippen MR) is 108 cm³/mol. The molecule has 1 fully saturated rings. The van der Waals surface area contributed by atoms with Crippen LogP contribution in [-0.2, 0) is 16.0 Å². The van der Waals surface area contributed by atoms with Crippen LogP contribution in [0.3, 0.4) is 0 Å². The summed E-state index contributed by atoms with van der Waals surface area (Å²) in [5.41, 5.74) is 1.60. The van der Waals surface area contributed by atoms with Crippen LogP contribution >= 0.6 is 0 Å². The van der Waals surface area contributed by atoms with Crippen molar-refractivity contribution in [3.05, 3.63) is 71.8 Å². The largest absolute Gasteiger partial charge is 0.354 e. The minimum absolute atomic E-state index is 0.165. The third kappa shape index (κ3) is 5.06. The molecular formula is C23H26N2O3. The minimum Gasteiger partial charge on any atom is -0.354 e. The van der Waals surface area contributed by atoms with E-state index in [1.807, 2.05) is 18.2 Å². The van der Waals surface area contributed by atoms with E-state index in [1.165, 1.54) is 10.5 Å². The van der Waals surface area contributed by atoms with Crippen LogP contribution < -0.4 is 5.32 Å². The fourth-order valence-electron chi connectivity index (χ4n) is 3.56. The molecule has 0 aliphatic carbocycles. The van der Waals surface area contributed by atoms with Gasteiger partial charge in [-0.15, -0.1) is 0 Å². The van der Waals surface area contributed by atoms with Gasteiger partial charge >= 0.3 is 0 Å². The lowest BCUT2D eigenvalue weighted by molar-refractivity contribution is -0.138. The molecule has 1 aliphatic rings. The van der Waals surface area contributed by atoms with E-state index < -0.39 is 17.7 Å². The Kier molecular flexibility index (Phi) is 6.95. The second kappa shape index (κ2) is 9.83. The molecule has 0 aromatic heterocycles. The molecule has 2 aromatic carbocycles. The van der Waals surface area contributed by atoms with Gasteiger partial charge in [0.25, 0.3) is 5.91 Å². The van der Waals surface area contributed by atoms with Crippen molar-refractivity contribution in [2.24, 2.45) is 0 Å². The zero-order valence-electron chi connectivity index (χ0n) is 16.0. The SMILES string of the molecule is O=C(C(=O)N1CCCC[C@H]1C(=O)NCCCc1ccccc1)c1ccccc1. The first-order valence-electron chi connectivity index (χ1n) is 9.89. The van der Waals surface area contributed by atoms with Gasteiger partial charge in [-0.25, -0.2) is 0 Å². The summed E-state index contributed by atoms with van der Waals surface area (Å²) in [5.74, 6) is -1.30. The number of rotatable bonds is 7. The number of likely N-dealkylation sites (tertiary alicyclic amines) is 1. The number of Topliss-reactive ketones (excluding diaryl/α,β-unsaturated/α-hetero) is 1. The first-order valence-corrected chi connectivity index (χ1v) is 9.89. The van der Waals surface area contributed by atoms with Crippen molar-refractivity contribution in [3.63, 3.8) is 0 Å². The van der Waals surface area contributed by atoms with Crippen LogP contribution in [0, 0.1) is 0 Å². The molecule has 5 nitrogen and oxygen atoms in total. The Morgan fingerprint density at radius 2 is 1.61 bits per heavy atom. The molecule has 1 aliphatic heterocycles. The van der Waals surface area contributed by atoms with Crippen molar-refractivity contribution >= 4 is 17.6 Å². The summed E-state index contributed by atoms with van der Waals surface area (Å²) in [5, 5.41) is 2.94. The van der Waals surface area contributed by atoms with Crippen LogP contribution in [0.5, 0.6) is 0 Å². The average molecular weight is 378 g/mol. The van der Waals surface area contributed by atoms with Crippen LogP contribution in [0.2, 0.25) is 0 Å². The number of amides is 2. The topological polar surface area (TPSA) is 66.5 Å². The lowest BCUT2D eigenvalue weighted by Crippen LogP contribution is -2.53. The Morgan fingerprint density at radius 3 is 2.32 bits per heavy atom. The molecule has 3 rings (SSSR count). The molecule has 0 unspecified atom stereocenters. The summed E-state index contributed by atoms with van der Waals surface area (Å²) in [6.45, 7) is 0.998. The highest BCUT2D eigenvalue weighted by molar-refractivity contribution is 6.43. The number of ketones is 1. The number of benzene rings is 2. The Bertz CT molecular complexity index is 805. The molecule has 1 heterocycles. The number of hydrogen-bond donors (Lipinski definition) is 1. The van der Waals surface area contributed by atoms with Gasteiger partial charge in [0.2, 0.25) is 11.7 Å². The number of piperidine rings is 1. The smallest absolute Gasteiger partial charge is 0.295 e. The third-order valence-electron chi connectivity index (χ3n) is 5.08. The molecule has 28 heavy (non-hydrogen) atoms. The summed E-state index contributed by atoms with van der Waals surface area (Å²) in [6, 6.07) is 18.1.